The van der Waals surface area contributed by atoms with Crippen molar-refractivity contribution < 1.29 is 4.79 Å². The minimum atomic E-state index is -0.171. The molecule has 0 aliphatic rings. The molecule has 0 atom stereocenters. The second-order valence-corrected chi connectivity index (χ2v) is 3.40. The summed E-state index contributed by atoms with van der Waals surface area (Å²) in [5.74, 6) is -0.0609. The van der Waals surface area contributed by atoms with Crippen molar-refractivity contribution in [3.63, 3.8) is 0 Å². The lowest BCUT2D eigenvalue weighted by Crippen LogP contribution is -2.23. The highest BCUT2D eigenvalue weighted by Crippen LogP contribution is 2.04. The molecule has 0 amide bonds. The summed E-state index contributed by atoms with van der Waals surface area (Å²) in [4.78, 5) is 26.9. The topological polar surface area (TPSA) is 52.0 Å². The SMILES string of the molecule is CC(=O)Cn1cnc2ccccc2c1=O. The van der Waals surface area contributed by atoms with Crippen LogP contribution in [0.5, 0.6) is 0 Å². The summed E-state index contributed by atoms with van der Waals surface area (Å²) in [7, 11) is 0. The van der Waals surface area contributed by atoms with Gasteiger partial charge in [0.25, 0.3) is 5.56 Å². The largest absolute Gasteiger partial charge is 0.298 e. The van der Waals surface area contributed by atoms with Gasteiger partial charge in [0.2, 0.25) is 0 Å². The lowest BCUT2D eigenvalue weighted by Gasteiger charge is -2.03. The van der Waals surface area contributed by atoms with Crippen LogP contribution in [0, 0.1) is 0 Å². The van der Waals surface area contributed by atoms with Gasteiger partial charge < -0.3 is 0 Å². The van der Waals surface area contributed by atoms with Crippen LogP contribution in [0.1, 0.15) is 6.92 Å². The number of benzene rings is 1. The van der Waals surface area contributed by atoms with E-state index in [1.165, 1.54) is 17.8 Å². The first-order chi connectivity index (χ1) is 7.18. The van der Waals surface area contributed by atoms with Gasteiger partial charge in [0.05, 0.1) is 23.8 Å². The van der Waals surface area contributed by atoms with E-state index in [0.717, 1.165) is 0 Å². The van der Waals surface area contributed by atoms with Crippen molar-refractivity contribution >= 4 is 16.7 Å². The monoisotopic (exact) mass is 202 g/mol. The molecule has 0 N–H and O–H groups in total. The highest BCUT2D eigenvalue weighted by molar-refractivity contribution is 5.78. The number of Topliss-reactive ketones (excluding diaryl/α,β-unsaturated/α-hetero) is 1. The smallest absolute Gasteiger partial charge is 0.261 e. The third-order valence-corrected chi connectivity index (χ3v) is 2.12. The zero-order valence-corrected chi connectivity index (χ0v) is 8.30. The summed E-state index contributed by atoms with van der Waals surface area (Å²) < 4.78 is 1.32. The van der Waals surface area contributed by atoms with Crippen LogP contribution in [0.2, 0.25) is 0 Å². The fraction of sp³-hybridized carbons (Fsp3) is 0.182. The average molecular weight is 202 g/mol. The number of aromatic nitrogens is 2. The van der Waals surface area contributed by atoms with Crippen molar-refractivity contribution in [2.24, 2.45) is 0 Å². The van der Waals surface area contributed by atoms with E-state index >= 15 is 0 Å². The first-order valence-corrected chi connectivity index (χ1v) is 4.62. The van der Waals surface area contributed by atoms with Crippen LogP contribution >= 0.6 is 0 Å². The lowest BCUT2D eigenvalue weighted by atomic mass is 10.2. The number of para-hydroxylation sites is 1. The minimum absolute atomic E-state index is 0.0609. The van der Waals surface area contributed by atoms with E-state index in [2.05, 4.69) is 4.98 Å². The summed E-state index contributed by atoms with van der Waals surface area (Å²) in [6, 6.07) is 7.09. The maximum absolute atomic E-state index is 11.8. The molecule has 0 aliphatic heterocycles. The number of ketones is 1. The van der Waals surface area contributed by atoms with Crippen LogP contribution < -0.4 is 5.56 Å². The molecule has 1 aromatic carbocycles. The first kappa shape index (κ1) is 9.58. The molecule has 0 saturated carbocycles. The molecule has 0 saturated heterocycles. The first-order valence-electron chi connectivity index (χ1n) is 4.62. The van der Waals surface area contributed by atoms with E-state index in [1.54, 1.807) is 18.2 Å². The molecule has 0 bridgehead atoms. The van der Waals surface area contributed by atoms with Gasteiger partial charge in [0, 0.05) is 0 Å². The Bertz CT molecular complexity index is 572. The van der Waals surface area contributed by atoms with Gasteiger partial charge >= 0.3 is 0 Å². The number of rotatable bonds is 2. The van der Waals surface area contributed by atoms with Crippen LogP contribution in [0.3, 0.4) is 0 Å². The van der Waals surface area contributed by atoms with Gasteiger partial charge in [-0.25, -0.2) is 4.98 Å². The van der Waals surface area contributed by atoms with Crippen molar-refractivity contribution in [3.05, 3.63) is 40.9 Å². The molecule has 2 aromatic rings. The number of hydrogen-bond donors (Lipinski definition) is 0. The maximum atomic E-state index is 11.8. The third-order valence-electron chi connectivity index (χ3n) is 2.12. The van der Waals surface area contributed by atoms with Crippen molar-refractivity contribution in [3.8, 4) is 0 Å². The summed E-state index contributed by atoms with van der Waals surface area (Å²) in [5.41, 5.74) is 0.484. The highest BCUT2D eigenvalue weighted by Gasteiger charge is 2.04. The van der Waals surface area contributed by atoms with Gasteiger partial charge in [-0.15, -0.1) is 0 Å². The van der Waals surface area contributed by atoms with Gasteiger partial charge in [-0.2, -0.15) is 0 Å². The predicted octanol–water partition coefficient (Wildman–Crippen LogP) is 0.985. The Morgan fingerprint density at radius 1 is 1.40 bits per heavy atom. The molecule has 0 aliphatic carbocycles. The Labute approximate surface area is 86.2 Å². The average Bonchev–Trinajstić information content (AvgIpc) is 2.22. The number of carbonyl (C=O) groups excluding carboxylic acids is 1. The van der Waals surface area contributed by atoms with Crippen molar-refractivity contribution in [1.29, 1.82) is 0 Å². The summed E-state index contributed by atoms with van der Waals surface area (Å²) in [5, 5.41) is 0.543. The van der Waals surface area contributed by atoms with E-state index in [1.807, 2.05) is 6.07 Å². The molecule has 0 spiro atoms. The Morgan fingerprint density at radius 2 is 2.13 bits per heavy atom. The minimum Gasteiger partial charge on any atom is -0.298 e. The zero-order chi connectivity index (χ0) is 10.8. The normalized spacial score (nSPS) is 10.5. The lowest BCUT2D eigenvalue weighted by molar-refractivity contribution is -0.117. The number of hydrogen-bond acceptors (Lipinski definition) is 3. The van der Waals surface area contributed by atoms with E-state index in [4.69, 9.17) is 0 Å². The quantitative estimate of drug-likeness (QED) is 0.729. The van der Waals surface area contributed by atoms with Crippen LogP contribution in [0.25, 0.3) is 10.9 Å². The summed E-state index contributed by atoms with van der Waals surface area (Å²) >= 11 is 0. The molecule has 4 nitrogen and oxygen atoms in total. The fourth-order valence-corrected chi connectivity index (χ4v) is 1.46. The van der Waals surface area contributed by atoms with Crippen molar-refractivity contribution in [2.45, 2.75) is 13.5 Å². The van der Waals surface area contributed by atoms with Crippen molar-refractivity contribution in [2.75, 3.05) is 0 Å². The van der Waals surface area contributed by atoms with Gasteiger partial charge in [0.1, 0.15) is 5.78 Å². The summed E-state index contributed by atoms with van der Waals surface area (Å²) in [6.45, 7) is 1.53. The Kier molecular flexibility index (Phi) is 2.33. The molecule has 0 radical (unpaired) electrons. The Balaban J connectivity index is 2.65. The summed E-state index contributed by atoms with van der Waals surface area (Å²) in [6.07, 6.45) is 1.41. The third kappa shape index (κ3) is 1.79. The Morgan fingerprint density at radius 3 is 2.87 bits per heavy atom. The molecule has 4 heteroatoms. The van der Waals surface area contributed by atoms with Crippen molar-refractivity contribution in [1.82, 2.24) is 9.55 Å². The highest BCUT2D eigenvalue weighted by atomic mass is 16.1. The molecular formula is C11H10N2O2. The van der Waals surface area contributed by atoms with Gasteiger partial charge in [-0.3, -0.25) is 14.2 Å². The predicted molar refractivity (Wildman–Crippen MR) is 56.7 cm³/mol. The second-order valence-electron chi connectivity index (χ2n) is 3.40. The van der Waals surface area contributed by atoms with E-state index in [0.29, 0.717) is 10.9 Å². The van der Waals surface area contributed by atoms with Gasteiger partial charge in [0.15, 0.2) is 0 Å². The molecule has 2 rings (SSSR count). The van der Waals surface area contributed by atoms with Crippen LogP contribution in [0.4, 0.5) is 0 Å². The van der Waals surface area contributed by atoms with Crippen LogP contribution in [0.15, 0.2) is 35.4 Å². The number of nitrogens with zero attached hydrogens (tertiary/aromatic N) is 2. The standard InChI is InChI=1S/C11H10N2O2/c1-8(14)6-13-7-12-10-5-3-2-4-9(10)11(13)15/h2-5,7H,6H2,1H3. The second kappa shape index (κ2) is 3.65. The van der Waals surface area contributed by atoms with Crippen LogP contribution in [-0.4, -0.2) is 15.3 Å². The van der Waals surface area contributed by atoms with E-state index in [-0.39, 0.29) is 17.9 Å². The number of carbonyl (C=O) groups is 1. The Hall–Kier alpha value is -1.97. The molecule has 0 fully saturated rings. The molecule has 0 unspecified atom stereocenters. The van der Waals surface area contributed by atoms with Gasteiger partial charge in [-0.1, -0.05) is 12.1 Å². The fourth-order valence-electron chi connectivity index (χ4n) is 1.46. The van der Waals surface area contributed by atoms with E-state index in [9.17, 15) is 9.59 Å². The molecular weight excluding hydrogens is 192 g/mol. The molecule has 1 heterocycles. The molecule has 1 aromatic heterocycles. The molecule has 76 valence electrons. The maximum Gasteiger partial charge on any atom is 0.261 e. The van der Waals surface area contributed by atoms with E-state index < -0.39 is 0 Å². The zero-order valence-electron chi connectivity index (χ0n) is 8.30. The van der Waals surface area contributed by atoms with Gasteiger partial charge in [-0.05, 0) is 19.1 Å². The van der Waals surface area contributed by atoms with Crippen LogP contribution in [-0.2, 0) is 11.3 Å². The molecule has 15 heavy (non-hydrogen) atoms. The number of fused-ring (bicyclic) bond motifs is 1.